The quantitative estimate of drug-likeness (QED) is 0.480. The van der Waals surface area contributed by atoms with Gasteiger partial charge >= 0.3 is 0 Å². The van der Waals surface area contributed by atoms with Crippen molar-refractivity contribution in [2.75, 3.05) is 26.4 Å². The van der Waals surface area contributed by atoms with Crippen LogP contribution in [0.4, 0.5) is 0 Å². The highest BCUT2D eigenvalue weighted by Crippen LogP contribution is 1.98. The second kappa shape index (κ2) is 5.64. The molecule has 0 fully saturated rings. The van der Waals surface area contributed by atoms with Gasteiger partial charge in [0.2, 0.25) is 0 Å². The van der Waals surface area contributed by atoms with Gasteiger partial charge in [0.15, 0.2) is 0 Å². The third-order valence-corrected chi connectivity index (χ3v) is 2.38. The third-order valence-electron chi connectivity index (χ3n) is 1.48. The van der Waals surface area contributed by atoms with Crippen molar-refractivity contribution in [1.82, 2.24) is 4.90 Å². The van der Waals surface area contributed by atoms with E-state index in [0.717, 1.165) is 12.8 Å². The number of hydrogen-bond acceptors (Lipinski definition) is 5. The summed E-state index contributed by atoms with van der Waals surface area (Å²) in [5.41, 5.74) is 0. The molecular formula is C7H15NO3S2. The molecule has 0 rings (SSSR count). The normalized spacial score (nSPS) is 14.5. The molecule has 0 aliphatic heterocycles. The molecule has 0 aromatic heterocycles. The minimum absolute atomic E-state index is 0.493. The molecule has 0 N–H and O–H groups in total. The number of thiocarbonyl (C=S) groups is 1. The van der Waals surface area contributed by atoms with E-state index in [1.807, 2.05) is 18.9 Å². The highest BCUT2D eigenvalue weighted by atomic mass is 32.2. The molecule has 0 saturated carbocycles. The molecule has 0 aromatic carbocycles. The van der Waals surface area contributed by atoms with Gasteiger partial charge in [-0.3, -0.25) is 4.18 Å². The molecule has 78 valence electrons. The summed E-state index contributed by atoms with van der Waals surface area (Å²) < 4.78 is 26.3. The lowest BCUT2D eigenvalue weighted by molar-refractivity contribution is 0.214. The lowest BCUT2D eigenvalue weighted by Crippen LogP contribution is -2.32. The Morgan fingerprint density at radius 2 is 2.15 bits per heavy atom. The van der Waals surface area contributed by atoms with Crippen molar-refractivity contribution in [2.45, 2.75) is 13.0 Å². The maximum Gasteiger partial charge on any atom is 0.265 e. The standard InChI is InChI=1S/C7H15NO3S2/c1-4-8(2)5-7(6-12)11-13(3,9)10/h6-7H,4-5H2,1-3H3. The van der Waals surface area contributed by atoms with Crippen LogP contribution in [0.5, 0.6) is 0 Å². The van der Waals surface area contributed by atoms with Crippen LogP contribution in [0.2, 0.25) is 0 Å². The molecule has 0 radical (unpaired) electrons. The third kappa shape index (κ3) is 7.06. The molecular weight excluding hydrogens is 210 g/mol. The van der Waals surface area contributed by atoms with Gasteiger partial charge in [0, 0.05) is 11.9 Å². The van der Waals surface area contributed by atoms with Crippen molar-refractivity contribution >= 4 is 27.7 Å². The zero-order chi connectivity index (χ0) is 10.5. The maximum atomic E-state index is 10.8. The van der Waals surface area contributed by atoms with Gasteiger partial charge in [0.25, 0.3) is 10.1 Å². The van der Waals surface area contributed by atoms with Crippen LogP contribution in [0, 0.1) is 0 Å². The Kier molecular flexibility index (Phi) is 5.62. The monoisotopic (exact) mass is 225 g/mol. The molecule has 0 saturated heterocycles. The topological polar surface area (TPSA) is 46.6 Å². The fourth-order valence-electron chi connectivity index (χ4n) is 0.757. The van der Waals surface area contributed by atoms with Gasteiger partial charge in [-0.1, -0.05) is 19.1 Å². The lowest BCUT2D eigenvalue weighted by atomic mass is 10.4. The van der Waals surface area contributed by atoms with Crippen LogP contribution >= 0.6 is 12.2 Å². The van der Waals surface area contributed by atoms with Gasteiger partial charge in [-0.15, -0.1) is 0 Å². The average Bonchev–Trinajstić information content (AvgIpc) is 2.00. The van der Waals surface area contributed by atoms with Crippen molar-refractivity contribution in [3.8, 4) is 0 Å². The van der Waals surface area contributed by atoms with E-state index in [4.69, 9.17) is 4.18 Å². The smallest absolute Gasteiger partial charge is 0.265 e. The van der Waals surface area contributed by atoms with Crippen LogP contribution < -0.4 is 0 Å². The highest BCUT2D eigenvalue weighted by molar-refractivity contribution is 7.86. The van der Waals surface area contributed by atoms with Crippen LogP contribution in [0.15, 0.2) is 0 Å². The van der Waals surface area contributed by atoms with Gasteiger partial charge in [-0.25, -0.2) is 0 Å². The van der Waals surface area contributed by atoms with Gasteiger partial charge in [-0.2, -0.15) is 8.42 Å². The Morgan fingerprint density at radius 3 is 2.46 bits per heavy atom. The van der Waals surface area contributed by atoms with Crippen LogP contribution in [0.3, 0.4) is 0 Å². The summed E-state index contributed by atoms with van der Waals surface area (Å²) in [7, 11) is -1.54. The van der Waals surface area contributed by atoms with E-state index in [2.05, 4.69) is 12.2 Å². The highest BCUT2D eigenvalue weighted by Gasteiger charge is 2.13. The molecule has 0 aliphatic carbocycles. The fraction of sp³-hybridized carbons (Fsp3) is 0.857. The Balaban J connectivity index is 4.12. The summed E-state index contributed by atoms with van der Waals surface area (Å²) in [6, 6.07) is 0. The van der Waals surface area contributed by atoms with Crippen molar-refractivity contribution < 1.29 is 12.6 Å². The van der Waals surface area contributed by atoms with Crippen LogP contribution in [0.25, 0.3) is 0 Å². The Hall–Kier alpha value is -0.0400. The minimum Gasteiger partial charge on any atom is -0.304 e. The molecule has 4 nitrogen and oxygen atoms in total. The second-order valence-electron chi connectivity index (χ2n) is 2.83. The summed E-state index contributed by atoms with van der Waals surface area (Å²) in [4.78, 5) is 1.93. The molecule has 0 spiro atoms. The van der Waals surface area contributed by atoms with Gasteiger partial charge in [-0.05, 0) is 13.6 Å². The average molecular weight is 225 g/mol. The first-order valence-corrected chi connectivity index (χ1v) is 6.20. The van der Waals surface area contributed by atoms with E-state index < -0.39 is 16.2 Å². The Morgan fingerprint density at radius 1 is 1.62 bits per heavy atom. The molecule has 0 aliphatic rings. The van der Waals surface area contributed by atoms with Gasteiger partial charge in [0.1, 0.15) is 6.10 Å². The predicted molar refractivity (Wildman–Crippen MR) is 56.5 cm³/mol. The van der Waals surface area contributed by atoms with E-state index >= 15 is 0 Å². The summed E-state index contributed by atoms with van der Waals surface area (Å²) in [5.74, 6) is 0. The van der Waals surface area contributed by atoms with Crippen LogP contribution in [-0.4, -0.2) is 51.2 Å². The molecule has 6 heteroatoms. The molecule has 0 aromatic rings. The number of likely N-dealkylation sites (N-methyl/N-ethyl adjacent to an activating group) is 1. The minimum atomic E-state index is -3.41. The first-order chi connectivity index (χ1) is 5.89. The van der Waals surface area contributed by atoms with Crippen LogP contribution in [-0.2, 0) is 14.3 Å². The molecule has 0 heterocycles. The zero-order valence-electron chi connectivity index (χ0n) is 8.06. The van der Waals surface area contributed by atoms with Crippen LogP contribution in [0.1, 0.15) is 6.92 Å². The maximum absolute atomic E-state index is 10.8. The fourth-order valence-corrected chi connectivity index (χ4v) is 1.53. The summed E-state index contributed by atoms with van der Waals surface area (Å²) in [5, 5.41) is 1.33. The number of nitrogens with zero attached hydrogens (tertiary/aromatic N) is 1. The van der Waals surface area contributed by atoms with Gasteiger partial charge in [0.05, 0.1) is 6.26 Å². The van der Waals surface area contributed by atoms with Crippen molar-refractivity contribution in [3.05, 3.63) is 0 Å². The second-order valence-corrected chi connectivity index (χ2v) is 4.70. The van der Waals surface area contributed by atoms with E-state index in [-0.39, 0.29) is 0 Å². The molecule has 0 amide bonds. The summed E-state index contributed by atoms with van der Waals surface area (Å²) in [6.45, 7) is 3.29. The first-order valence-electron chi connectivity index (χ1n) is 3.91. The molecule has 0 bridgehead atoms. The van der Waals surface area contributed by atoms with Crippen molar-refractivity contribution in [3.63, 3.8) is 0 Å². The Bertz CT molecular complexity index is 250. The van der Waals surface area contributed by atoms with E-state index in [0.29, 0.717) is 6.54 Å². The molecule has 1 atom stereocenters. The predicted octanol–water partition coefficient (Wildman–Crippen LogP) is 0.283. The van der Waals surface area contributed by atoms with E-state index in [1.54, 1.807) is 0 Å². The van der Waals surface area contributed by atoms with E-state index in [9.17, 15) is 8.42 Å². The SMILES string of the molecule is CCN(C)CC(C=S)OS(C)(=O)=O. The number of hydrogen-bond donors (Lipinski definition) is 0. The zero-order valence-corrected chi connectivity index (χ0v) is 9.69. The molecule has 1 unspecified atom stereocenters. The lowest BCUT2D eigenvalue weighted by Gasteiger charge is -2.18. The van der Waals surface area contributed by atoms with Crippen molar-refractivity contribution in [1.29, 1.82) is 0 Å². The summed E-state index contributed by atoms with van der Waals surface area (Å²) >= 11 is 4.67. The summed E-state index contributed by atoms with van der Waals surface area (Å²) in [6.07, 6.45) is 0.486. The molecule has 13 heavy (non-hydrogen) atoms. The van der Waals surface area contributed by atoms with Gasteiger partial charge < -0.3 is 4.90 Å². The Labute approximate surface area is 85.0 Å². The largest absolute Gasteiger partial charge is 0.304 e. The van der Waals surface area contributed by atoms with E-state index in [1.165, 1.54) is 5.37 Å². The number of rotatable bonds is 6. The van der Waals surface area contributed by atoms with Crippen molar-refractivity contribution in [2.24, 2.45) is 0 Å². The first kappa shape index (κ1) is 13.0.